The fraction of sp³-hybridized carbons (Fsp3) is 0.292. The third kappa shape index (κ3) is 7.52. The van der Waals surface area contributed by atoms with Crippen molar-refractivity contribution in [2.24, 2.45) is 0 Å². The van der Waals surface area contributed by atoms with Gasteiger partial charge in [-0.3, -0.25) is 20.0 Å². The van der Waals surface area contributed by atoms with Crippen molar-refractivity contribution < 1.29 is 32.2 Å². The molecule has 2 aromatic carbocycles. The molecule has 0 aliphatic carbocycles. The molecular formula is C24H25F3N6O4. The predicted octanol–water partition coefficient (Wildman–Crippen LogP) is 2.43. The van der Waals surface area contributed by atoms with Gasteiger partial charge in [-0.2, -0.15) is 5.26 Å². The minimum Gasteiger partial charge on any atom is -0.496 e. The molecule has 196 valence electrons. The van der Waals surface area contributed by atoms with Gasteiger partial charge in [0.1, 0.15) is 23.2 Å². The Balaban J connectivity index is 1.52. The average Bonchev–Trinajstić information content (AvgIpc) is 3.35. The number of hydrogen-bond donors (Lipinski definition) is 4. The summed E-state index contributed by atoms with van der Waals surface area (Å²) in [5, 5.41) is 16.2. The molecule has 1 unspecified atom stereocenters. The summed E-state index contributed by atoms with van der Waals surface area (Å²) in [6.07, 6.45) is -2.54. The molecule has 0 spiro atoms. The standard InChI is InChI=1S/C24H25F3N6O4/c1-3-15-4-6-16(7-5-15)19(13-28)30-23(35)20-14-33(32-31-20)11-10-29-22(34)18-9-8-17(12-21(18)36-2)37-24(25,26)27/h4-9,12,14,19,31-32H,3,10-11H2,1-2H3,(H,29,34)(H,30,35). The monoisotopic (exact) mass is 518 g/mol. The number of methoxy groups -OCH3 is 1. The van der Waals surface area contributed by atoms with Gasteiger partial charge in [0.25, 0.3) is 11.8 Å². The van der Waals surface area contributed by atoms with Crippen molar-refractivity contribution in [1.82, 2.24) is 26.6 Å². The number of nitrogens with one attached hydrogen (secondary N) is 4. The molecule has 4 N–H and O–H groups in total. The largest absolute Gasteiger partial charge is 0.573 e. The van der Waals surface area contributed by atoms with Crippen LogP contribution in [0.5, 0.6) is 11.5 Å². The van der Waals surface area contributed by atoms with Gasteiger partial charge in [0.15, 0.2) is 0 Å². The maximum atomic E-state index is 12.6. The van der Waals surface area contributed by atoms with Gasteiger partial charge >= 0.3 is 6.36 Å². The number of rotatable bonds is 10. The smallest absolute Gasteiger partial charge is 0.496 e. The van der Waals surface area contributed by atoms with Crippen molar-refractivity contribution in [3.05, 3.63) is 71.1 Å². The lowest BCUT2D eigenvalue weighted by Crippen LogP contribution is -2.42. The first-order valence-corrected chi connectivity index (χ1v) is 11.1. The Morgan fingerprint density at radius 1 is 1.16 bits per heavy atom. The fourth-order valence-corrected chi connectivity index (χ4v) is 3.37. The normalized spacial score (nSPS) is 13.6. The number of carbonyl (C=O) groups excluding carboxylic acids is 2. The summed E-state index contributed by atoms with van der Waals surface area (Å²) in [6, 6.07) is 11.8. The lowest BCUT2D eigenvalue weighted by molar-refractivity contribution is -0.274. The quantitative estimate of drug-likeness (QED) is 0.378. The van der Waals surface area contributed by atoms with Crippen LogP contribution < -0.4 is 31.1 Å². The Bertz CT molecular complexity index is 1190. The molecule has 0 saturated carbocycles. The first-order valence-electron chi connectivity index (χ1n) is 11.1. The third-order valence-corrected chi connectivity index (χ3v) is 5.28. The van der Waals surface area contributed by atoms with E-state index in [2.05, 4.69) is 32.4 Å². The number of aryl methyl sites for hydroxylation is 1. The number of alkyl halides is 3. The summed E-state index contributed by atoms with van der Waals surface area (Å²) in [5.41, 5.74) is 7.41. The minimum absolute atomic E-state index is 0.0228. The molecule has 0 aromatic heterocycles. The van der Waals surface area contributed by atoms with Crippen LogP contribution >= 0.6 is 0 Å². The number of nitrogens with zero attached hydrogens (tertiary/aromatic N) is 2. The number of amides is 2. The summed E-state index contributed by atoms with van der Waals surface area (Å²) >= 11 is 0. The highest BCUT2D eigenvalue weighted by atomic mass is 19.4. The lowest BCUT2D eigenvalue weighted by atomic mass is 10.0. The summed E-state index contributed by atoms with van der Waals surface area (Å²) in [4.78, 5) is 25.1. The fourth-order valence-electron chi connectivity index (χ4n) is 3.37. The molecule has 2 aromatic rings. The summed E-state index contributed by atoms with van der Waals surface area (Å²) in [5.74, 6) is -1.68. The summed E-state index contributed by atoms with van der Waals surface area (Å²) < 4.78 is 46.1. The van der Waals surface area contributed by atoms with Gasteiger partial charge in [0.05, 0.1) is 25.3 Å². The maximum Gasteiger partial charge on any atom is 0.573 e. The van der Waals surface area contributed by atoms with Crippen LogP contribution in [0.25, 0.3) is 0 Å². The first kappa shape index (κ1) is 27.2. The van der Waals surface area contributed by atoms with E-state index in [0.29, 0.717) is 5.56 Å². The molecule has 10 nitrogen and oxygen atoms in total. The molecular weight excluding hydrogens is 493 g/mol. The zero-order valence-electron chi connectivity index (χ0n) is 20.0. The molecule has 3 rings (SSSR count). The van der Waals surface area contributed by atoms with Gasteiger partial charge in [-0.25, -0.2) is 0 Å². The molecule has 1 atom stereocenters. The Hall–Kier alpha value is -4.44. The Kier molecular flexibility index (Phi) is 8.81. The molecule has 13 heteroatoms. The van der Waals surface area contributed by atoms with E-state index in [1.54, 1.807) is 12.1 Å². The highest BCUT2D eigenvalue weighted by Crippen LogP contribution is 2.29. The van der Waals surface area contributed by atoms with Crippen LogP contribution in [-0.4, -0.2) is 43.4 Å². The summed E-state index contributed by atoms with van der Waals surface area (Å²) in [7, 11) is 1.22. The second-order valence-electron chi connectivity index (χ2n) is 7.77. The van der Waals surface area contributed by atoms with Crippen LogP contribution in [-0.2, 0) is 11.2 Å². The van der Waals surface area contributed by atoms with Crippen molar-refractivity contribution >= 4 is 11.8 Å². The minimum atomic E-state index is -4.87. The second-order valence-corrected chi connectivity index (χ2v) is 7.77. The summed E-state index contributed by atoms with van der Waals surface area (Å²) in [6.45, 7) is 2.37. The molecule has 37 heavy (non-hydrogen) atoms. The predicted molar refractivity (Wildman–Crippen MR) is 125 cm³/mol. The van der Waals surface area contributed by atoms with Gasteiger partial charge < -0.3 is 20.1 Å². The van der Waals surface area contributed by atoms with Gasteiger partial charge in [-0.1, -0.05) is 31.2 Å². The van der Waals surface area contributed by atoms with Crippen LogP contribution in [0.3, 0.4) is 0 Å². The zero-order chi connectivity index (χ0) is 27.0. The molecule has 0 radical (unpaired) electrons. The lowest BCUT2D eigenvalue weighted by Gasteiger charge is -2.16. The van der Waals surface area contributed by atoms with E-state index in [4.69, 9.17) is 4.74 Å². The number of benzene rings is 2. The van der Waals surface area contributed by atoms with Gasteiger partial charge in [-0.15, -0.1) is 18.7 Å². The number of hydrazine groups is 2. The topological polar surface area (TPSA) is 128 Å². The van der Waals surface area contributed by atoms with E-state index in [1.807, 2.05) is 19.1 Å². The van der Waals surface area contributed by atoms with Crippen molar-refractivity contribution in [2.75, 3.05) is 20.2 Å². The van der Waals surface area contributed by atoms with Crippen molar-refractivity contribution in [1.29, 1.82) is 5.26 Å². The van der Waals surface area contributed by atoms with Crippen molar-refractivity contribution in [3.8, 4) is 17.6 Å². The Morgan fingerprint density at radius 2 is 1.89 bits per heavy atom. The number of ether oxygens (including phenoxy) is 2. The molecule has 2 amide bonds. The highest BCUT2D eigenvalue weighted by Gasteiger charge is 2.31. The van der Waals surface area contributed by atoms with Gasteiger partial charge in [-0.05, 0) is 29.7 Å². The number of carbonyl (C=O) groups is 2. The van der Waals surface area contributed by atoms with Crippen LogP contribution in [0.1, 0.15) is 34.5 Å². The van der Waals surface area contributed by atoms with Crippen molar-refractivity contribution in [3.63, 3.8) is 0 Å². The van der Waals surface area contributed by atoms with Gasteiger partial charge in [0, 0.05) is 18.8 Å². The van der Waals surface area contributed by atoms with Crippen molar-refractivity contribution in [2.45, 2.75) is 25.7 Å². The third-order valence-electron chi connectivity index (χ3n) is 5.28. The Labute approximate surface area is 211 Å². The van der Waals surface area contributed by atoms with E-state index in [9.17, 15) is 28.0 Å². The van der Waals surface area contributed by atoms with Crippen LogP contribution in [0.2, 0.25) is 0 Å². The van der Waals surface area contributed by atoms with E-state index in [0.717, 1.165) is 30.2 Å². The van der Waals surface area contributed by atoms with E-state index < -0.39 is 30.0 Å². The Morgan fingerprint density at radius 3 is 2.51 bits per heavy atom. The highest BCUT2D eigenvalue weighted by molar-refractivity contribution is 5.97. The van der Waals surface area contributed by atoms with E-state index in [-0.39, 0.29) is 30.1 Å². The maximum absolute atomic E-state index is 12.6. The molecule has 0 fully saturated rings. The van der Waals surface area contributed by atoms with Crippen LogP contribution in [0.15, 0.2) is 54.4 Å². The zero-order valence-corrected chi connectivity index (χ0v) is 20.0. The number of hydrogen-bond acceptors (Lipinski definition) is 8. The molecule has 1 aliphatic heterocycles. The number of nitriles is 1. The molecule has 0 bridgehead atoms. The molecule has 0 saturated heterocycles. The van der Waals surface area contributed by atoms with E-state index in [1.165, 1.54) is 18.3 Å². The van der Waals surface area contributed by atoms with Crippen LogP contribution in [0, 0.1) is 11.3 Å². The SMILES string of the molecule is CCc1ccc(C(C#N)NC(=O)C2=CN(CCNC(=O)c3ccc(OC(F)(F)F)cc3OC)NN2)cc1. The first-order chi connectivity index (χ1) is 17.6. The second kappa shape index (κ2) is 12.0. The van der Waals surface area contributed by atoms with Crippen LogP contribution in [0.4, 0.5) is 13.2 Å². The molecule has 1 aliphatic rings. The van der Waals surface area contributed by atoms with E-state index >= 15 is 0 Å². The average molecular weight is 518 g/mol. The van der Waals surface area contributed by atoms with Gasteiger partial charge in [0.2, 0.25) is 0 Å². The number of halogens is 3. The molecule has 1 heterocycles.